The van der Waals surface area contributed by atoms with Gasteiger partial charge in [-0.25, -0.2) is 0 Å². The molecular formula is C18H34N2. The van der Waals surface area contributed by atoms with Gasteiger partial charge in [0.05, 0.1) is 0 Å². The van der Waals surface area contributed by atoms with Gasteiger partial charge in [0.25, 0.3) is 0 Å². The largest absolute Gasteiger partial charge is 0.311 e. The van der Waals surface area contributed by atoms with Gasteiger partial charge in [0, 0.05) is 31.2 Å². The molecule has 3 atom stereocenters. The van der Waals surface area contributed by atoms with Gasteiger partial charge in [0.15, 0.2) is 0 Å². The van der Waals surface area contributed by atoms with Gasteiger partial charge < -0.3 is 5.32 Å². The molecule has 0 radical (unpaired) electrons. The van der Waals surface area contributed by atoms with E-state index < -0.39 is 0 Å². The number of nitrogens with zero attached hydrogens (tertiary/aromatic N) is 1. The first-order valence-corrected chi connectivity index (χ1v) is 9.27. The summed E-state index contributed by atoms with van der Waals surface area (Å²) < 4.78 is 0. The Bertz CT molecular complexity index is 294. The minimum Gasteiger partial charge on any atom is -0.311 e. The molecule has 0 amide bonds. The molecule has 0 spiro atoms. The van der Waals surface area contributed by atoms with Crippen molar-refractivity contribution in [3.63, 3.8) is 0 Å². The molecule has 0 aromatic carbocycles. The Morgan fingerprint density at radius 2 is 1.85 bits per heavy atom. The van der Waals surface area contributed by atoms with Crippen LogP contribution in [0.5, 0.6) is 0 Å². The van der Waals surface area contributed by atoms with Crippen LogP contribution in [0.1, 0.15) is 71.6 Å². The van der Waals surface area contributed by atoms with E-state index in [9.17, 15) is 0 Å². The lowest BCUT2D eigenvalue weighted by Crippen LogP contribution is -2.60. The van der Waals surface area contributed by atoms with E-state index >= 15 is 0 Å². The van der Waals surface area contributed by atoms with E-state index in [1.165, 1.54) is 70.9 Å². The average molecular weight is 278 g/mol. The van der Waals surface area contributed by atoms with E-state index in [-0.39, 0.29) is 0 Å². The van der Waals surface area contributed by atoms with Crippen LogP contribution in [0, 0.1) is 11.8 Å². The smallest absolute Gasteiger partial charge is 0.0224 e. The van der Waals surface area contributed by atoms with Gasteiger partial charge in [-0.1, -0.05) is 39.0 Å². The second kappa shape index (κ2) is 6.79. The molecule has 3 unspecified atom stereocenters. The van der Waals surface area contributed by atoms with Crippen molar-refractivity contribution < 1.29 is 0 Å². The van der Waals surface area contributed by atoms with Crippen LogP contribution >= 0.6 is 0 Å². The summed E-state index contributed by atoms with van der Waals surface area (Å²) in [5.74, 6) is 2.02. The van der Waals surface area contributed by atoms with Crippen molar-refractivity contribution >= 4 is 0 Å². The van der Waals surface area contributed by atoms with Gasteiger partial charge >= 0.3 is 0 Å². The highest BCUT2D eigenvalue weighted by molar-refractivity contribution is 4.93. The predicted octanol–water partition coefficient (Wildman–Crippen LogP) is 3.81. The molecular weight excluding hydrogens is 244 g/mol. The van der Waals surface area contributed by atoms with Crippen LogP contribution in [0.15, 0.2) is 0 Å². The first-order chi connectivity index (χ1) is 9.78. The SMILES string of the molecule is CCC1CNC(C2CCCCC2)CN1C(C)CC1CC1. The summed E-state index contributed by atoms with van der Waals surface area (Å²) in [7, 11) is 0. The number of hydrogen-bond donors (Lipinski definition) is 1. The van der Waals surface area contributed by atoms with E-state index in [1.807, 2.05) is 0 Å². The second-order valence-corrected chi connectivity index (χ2v) is 7.70. The zero-order chi connectivity index (χ0) is 13.9. The summed E-state index contributed by atoms with van der Waals surface area (Å²) in [6, 6.07) is 2.36. The zero-order valence-corrected chi connectivity index (χ0v) is 13.6. The molecule has 2 heteroatoms. The number of piperazine rings is 1. The standard InChI is InChI=1S/C18H34N2/c1-3-17-12-19-18(16-7-5-4-6-8-16)13-20(17)14(2)11-15-9-10-15/h14-19H,3-13H2,1-2H3. The summed E-state index contributed by atoms with van der Waals surface area (Å²) in [6.07, 6.45) is 13.1. The van der Waals surface area contributed by atoms with Crippen molar-refractivity contribution in [1.82, 2.24) is 10.2 Å². The third kappa shape index (κ3) is 3.57. The van der Waals surface area contributed by atoms with Crippen LogP contribution < -0.4 is 5.32 Å². The lowest BCUT2D eigenvalue weighted by molar-refractivity contribution is 0.0568. The highest BCUT2D eigenvalue weighted by Gasteiger charge is 2.35. The van der Waals surface area contributed by atoms with Gasteiger partial charge in [0.2, 0.25) is 0 Å². The number of rotatable bonds is 5. The molecule has 3 fully saturated rings. The molecule has 0 aromatic heterocycles. The number of nitrogens with one attached hydrogen (secondary N) is 1. The minimum atomic E-state index is 0.778. The van der Waals surface area contributed by atoms with Crippen molar-refractivity contribution in [2.24, 2.45) is 11.8 Å². The predicted molar refractivity (Wildman–Crippen MR) is 86.0 cm³/mol. The molecule has 3 rings (SSSR count). The van der Waals surface area contributed by atoms with Crippen LogP contribution in [0.2, 0.25) is 0 Å². The highest BCUT2D eigenvalue weighted by atomic mass is 15.3. The van der Waals surface area contributed by atoms with Crippen molar-refractivity contribution in [3.05, 3.63) is 0 Å². The lowest BCUT2D eigenvalue weighted by atomic mass is 9.82. The Kier molecular flexibility index (Phi) is 5.04. The summed E-state index contributed by atoms with van der Waals surface area (Å²) in [6.45, 7) is 7.40. The van der Waals surface area contributed by atoms with Gasteiger partial charge in [-0.2, -0.15) is 0 Å². The van der Waals surface area contributed by atoms with Gasteiger partial charge in [-0.05, 0) is 44.4 Å². The molecule has 1 aliphatic heterocycles. The molecule has 1 N–H and O–H groups in total. The summed E-state index contributed by atoms with van der Waals surface area (Å²) in [5, 5.41) is 3.90. The maximum Gasteiger partial charge on any atom is 0.0224 e. The molecule has 2 nitrogen and oxygen atoms in total. The molecule has 1 saturated heterocycles. The molecule has 0 bridgehead atoms. The Morgan fingerprint density at radius 3 is 2.50 bits per heavy atom. The van der Waals surface area contributed by atoms with Crippen LogP contribution in [0.3, 0.4) is 0 Å². The van der Waals surface area contributed by atoms with E-state index in [1.54, 1.807) is 0 Å². The average Bonchev–Trinajstić information content (AvgIpc) is 3.31. The maximum atomic E-state index is 3.90. The first kappa shape index (κ1) is 14.8. The summed E-state index contributed by atoms with van der Waals surface area (Å²) in [5.41, 5.74) is 0. The van der Waals surface area contributed by atoms with Crippen molar-refractivity contribution in [2.75, 3.05) is 13.1 Å². The minimum absolute atomic E-state index is 0.778. The normalized spacial score (nSPS) is 35.1. The van der Waals surface area contributed by atoms with Gasteiger partial charge in [-0.15, -0.1) is 0 Å². The Balaban J connectivity index is 1.58. The third-order valence-corrected chi connectivity index (χ3v) is 6.12. The molecule has 3 aliphatic rings. The molecule has 2 saturated carbocycles. The van der Waals surface area contributed by atoms with Gasteiger partial charge in [-0.3, -0.25) is 4.90 Å². The van der Waals surface area contributed by atoms with Crippen LogP contribution in [0.25, 0.3) is 0 Å². The Labute approximate surface area is 125 Å². The van der Waals surface area contributed by atoms with Crippen molar-refractivity contribution in [3.8, 4) is 0 Å². The summed E-state index contributed by atoms with van der Waals surface area (Å²) in [4.78, 5) is 2.87. The van der Waals surface area contributed by atoms with Crippen molar-refractivity contribution in [2.45, 2.75) is 89.8 Å². The molecule has 0 aromatic rings. The Morgan fingerprint density at radius 1 is 1.10 bits per heavy atom. The highest BCUT2D eigenvalue weighted by Crippen LogP contribution is 2.36. The van der Waals surface area contributed by atoms with Crippen molar-refractivity contribution in [1.29, 1.82) is 0 Å². The van der Waals surface area contributed by atoms with Crippen LogP contribution in [-0.4, -0.2) is 36.1 Å². The lowest BCUT2D eigenvalue weighted by Gasteiger charge is -2.46. The molecule has 116 valence electrons. The molecule has 1 heterocycles. The van der Waals surface area contributed by atoms with Crippen LogP contribution in [0.4, 0.5) is 0 Å². The monoisotopic (exact) mass is 278 g/mol. The number of hydrogen-bond acceptors (Lipinski definition) is 2. The van der Waals surface area contributed by atoms with Crippen LogP contribution in [-0.2, 0) is 0 Å². The van der Waals surface area contributed by atoms with E-state index in [4.69, 9.17) is 0 Å². The summed E-state index contributed by atoms with van der Waals surface area (Å²) >= 11 is 0. The van der Waals surface area contributed by atoms with E-state index in [0.29, 0.717) is 0 Å². The third-order valence-electron chi connectivity index (χ3n) is 6.12. The zero-order valence-electron chi connectivity index (χ0n) is 13.6. The van der Waals surface area contributed by atoms with E-state index in [0.717, 1.165) is 30.0 Å². The molecule has 2 aliphatic carbocycles. The second-order valence-electron chi connectivity index (χ2n) is 7.70. The van der Waals surface area contributed by atoms with E-state index in [2.05, 4.69) is 24.1 Å². The fourth-order valence-electron chi connectivity index (χ4n) is 4.59. The molecule has 20 heavy (non-hydrogen) atoms. The Hall–Kier alpha value is -0.0800. The topological polar surface area (TPSA) is 15.3 Å². The van der Waals surface area contributed by atoms with Gasteiger partial charge in [0.1, 0.15) is 0 Å². The fraction of sp³-hybridized carbons (Fsp3) is 1.00. The fourth-order valence-corrected chi connectivity index (χ4v) is 4.59. The maximum absolute atomic E-state index is 3.90. The first-order valence-electron chi connectivity index (χ1n) is 9.27. The quantitative estimate of drug-likeness (QED) is 0.822.